The number of hydrogen-bond acceptors (Lipinski definition) is 4. The Bertz CT molecular complexity index is 36.0. The van der Waals surface area contributed by atoms with Gasteiger partial charge < -0.3 is 20.6 Å². The molecule has 0 saturated heterocycles. The third-order valence-electron chi connectivity index (χ3n) is 0. The van der Waals surface area contributed by atoms with Crippen LogP contribution in [-0.4, -0.2) is 45.6 Å². The van der Waals surface area contributed by atoms with Crippen LogP contribution in [0.4, 0.5) is 0 Å². The third kappa shape index (κ3) is 106. The van der Waals surface area contributed by atoms with Crippen LogP contribution in [0.15, 0.2) is 0 Å². The molecule has 0 bridgehead atoms. The van der Waals surface area contributed by atoms with Gasteiger partial charge >= 0.3 is 38.6 Å². The number of hydrogen-bond donors (Lipinski definition) is 4. The van der Waals surface area contributed by atoms with E-state index in [1.54, 1.807) is 0 Å². The fourth-order valence-electron chi connectivity index (χ4n) is 0. The Labute approximate surface area is 88.4 Å². The second-order valence-corrected chi connectivity index (χ2v) is 1.80. The van der Waals surface area contributed by atoms with Gasteiger partial charge in [0.15, 0.2) is 17.4 Å². The standard InChI is InChI=1S/Al.ClH.Na.H4O4Si.4H/c;;;1-5(2,3)4;;;;/h;1H;;1-4H;;;;/q;;+1;;;;;-1. The maximum atomic E-state index is 7.33. The smallest absolute Gasteiger partial charge is 1.00 e. The molecular formula is H9AlClNaO4Si. The van der Waals surface area contributed by atoms with Crippen LogP contribution in [0, 0.1) is 0 Å². The van der Waals surface area contributed by atoms with Gasteiger partial charge in [0, 0.05) is 0 Å². The van der Waals surface area contributed by atoms with Crippen LogP contribution < -0.4 is 29.6 Å². The Morgan fingerprint density at radius 2 is 1.00 bits per heavy atom. The van der Waals surface area contributed by atoms with Crippen molar-refractivity contribution in [3.8, 4) is 0 Å². The van der Waals surface area contributed by atoms with Gasteiger partial charge in [-0.15, -0.1) is 12.4 Å². The summed E-state index contributed by atoms with van der Waals surface area (Å²) in [6, 6.07) is 0. The zero-order chi connectivity index (χ0) is 4.50. The molecule has 0 unspecified atom stereocenters. The Balaban J connectivity index is -0.0000000133. The molecule has 0 fully saturated rings. The Hall–Kier alpha value is 1.88. The average Bonchev–Trinajstić information content (AvgIpc) is 0.722. The number of halogens is 1. The molecule has 8 heavy (non-hydrogen) atoms. The summed E-state index contributed by atoms with van der Waals surface area (Å²) in [6.45, 7) is 0. The van der Waals surface area contributed by atoms with Gasteiger partial charge in [-0.1, -0.05) is 0 Å². The van der Waals surface area contributed by atoms with Crippen LogP contribution in [0.3, 0.4) is 0 Å². The predicted molar refractivity (Wildman–Crippen MR) is 32.9 cm³/mol. The summed E-state index contributed by atoms with van der Waals surface area (Å²) in [4.78, 5) is 29.3. The molecule has 0 heterocycles. The molecule has 48 valence electrons. The SMILES string of the molecule is Cl.O[Si](O)(O)O.[AlH3].[H-].[Na+]. The molecule has 0 aliphatic rings. The molecule has 4 nitrogen and oxygen atoms in total. The van der Waals surface area contributed by atoms with Gasteiger partial charge in [-0.05, 0) is 0 Å². The van der Waals surface area contributed by atoms with Gasteiger partial charge in [0.1, 0.15) is 0 Å². The summed E-state index contributed by atoms with van der Waals surface area (Å²) >= 11 is 0. The second kappa shape index (κ2) is 8.88. The molecule has 0 amide bonds. The van der Waals surface area contributed by atoms with Crippen LogP contribution >= 0.6 is 12.4 Å². The normalized spacial score (nSPS) is 7.50. The Morgan fingerprint density at radius 3 is 1.00 bits per heavy atom. The van der Waals surface area contributed by atoms with E-state index in [9.17, 15) is 0 Å². The van der Waals surface area contributed by atoms with Crippen molar-refractivity contribution in [2.24, 2.45) is 0 Å². The molecule has 0 spiro atoms. The molecule has 0 aromatic carbocycles. The molecular weight excluding hydrogens is 178 g/mol. The summed E-state index contributed by atoms with van der Waals surface area (Å²) in [7, 11) is -4.61. The van der Waals surface area contributed by atoms with E-state index < -0.39 is 9.05 Å². The van der Waals surface area contributed by atoms with Crippen molar-refractivity contribution in [2.75, 3.05) is 0 Å². The summed E-state index contributed by atoms with van der Waals surface area (Å²) in [5, 5.41) is 0. The van der Waals surface area contributed by atoms with Crippen LogP contribution in [0.25, 0.3) is 0 Å². The largest absolute Gasteiger partial charge is 1.00 e. The van der Waals surface area contributed by atoms with E-state index in [1.165, 1.54) is 0 Å². The van der Waals surface area contributed by atoms with Gasteiger partial charge in [0.05, 0.1) is 0 Å². The minimum atomic E-state index is -4.61. The minimum Gasteiger partial charge on any atom is -1.00 e. The molecule has 4 N–H and O–H groups in total. The first kappa shape index (κ1) is 22.5. The average molecular weight is 187 g/mol. The van der Waals surface area contributed by atoms with E-state index in [4.69, 9.17) is 19.2 Å². The first-order valence-corrected chi connectivity index (χ1v) is 2.68. The van der Waals surface area contributed by atoms with Crippen molar-refractivity contribution >= 4 is 38.8 Å². The third-order valence-corrected chi connectivity index (χ3v) is 0. The van der Waals surface area contributed by atoms with Crippen molar-refractivity contribution in [3.05, 3.63) is 0 Å². The second-order valence-electron chi connectivity index (χ2n) is 0.600. The van der Waals surface area contributed by atoms with E-state index in [1.807, 2.05) is 0 Å². The molecule has 0 radical (unpaired) electrons. The van der Waals surface area contributed by atoms with E-state index in [0.717, 1.165) is 0 Å². The van der Waals surface area contributed by atoms with Gasteiger partial charge in [-0.25, -0.2) is 0 Å². The summed E-state index contributed by atoms with van der Waals surface area (Å²) in [5.74, 6) is 0. The topological polar surface area (TPSA) is 80.9 Å². The minimum absolute atomic E-state index is 0. The van der Waals surface area contributed by atoms with E-state index in [2.05, 4.69) is 0 Å². The van der Waals surface area contributed by atoms with Crippen molar-refractivity contribution in [3.63, 3.8) is 0 Å². The van der Waals surface area contributed by atoms with E-state index in [-0.39, 0.29) is 60.8 Å². The Kier molecular flexibility index (Phi) is 25.0. The van der Waals surface area contributed by atoms with Crippen molar-refractivity contribution in [1.82, 2.24) is 0 Å². The van der Waals surface area contributed by atoms with Gasteiger partial charge in [0.25, 0.3) is 0 Å². The Morgan fingerprint density at radius 1 is 1.00 bits per heavy atom. The van der Waals surface area contributed by atoms with Crippen LogP contribution in [-0.2, 0) is 0 Å². The zero-order valence-electron chi connectivity index (χ0n) is 4.70. The van der Waals surface area contributed by atoms with Gasteiger partial charge in [-0.2, -0.15) is 0 Å². The zero-order valence-corrected chi connectivity index (χ0v) is 7.51. The molecule has 0 aliphatic carbocycles. The summed E-state index contributed by atoms with van der Waals surface area (Å²) in [5.41, 5.74) is 0. The molecule has 0 aromatic rings. The van der Waals surface area contributed by atoms with Crippen LogP contribution in [0.1, 0.15) is 1.43 Å². The maximum absolute atomic E-state index is 7.33. The molecule has 8 heteroatoms. The number of rotatable bonds is 0. The van der Waals surface area contributed by atoms with E-state index in [0.29, 0.717) is 0 Å². The molecule has 0 saturated carbocycles. The van der Waals surface area contributed by atoms with Crippen LogP contribution in [0.5, 0.6) is 0 Å². The van der Waals surface area contributed by atoms with Crippen molar-refractivity contribution < 1.29 is 50.2 Å². The fraction of sp³-hybridized carbons (Fsp3) is 0. The van der Waals surface area contributed by atoms with Gasteiger partial charge in [-0.3, -0.25) is 0 Å². The summed E-state index contributed by atoms with van der Waals surface area (Å²) in [6.07, 6.45) is 0. The molecule has 0 rings (SSSR count). The first-order valence-electron chi connectivity index (χ1n) is 0.894. The predicted octanol–water partition coefficient (Wildman–Crippen LogP) is -6.25. The quantitative estimate of drug-likeness (QED) is 0.284. The molecule has 0 aromatic heterocycles. The van der Waals surface area contributed by atoms with E-state index >= 15 is 0 Å². The van der Waals surface area contributed by atoms with Crippen molar-refractivity contribution in [2.45, 2.75) is 0 Å². The summed E-state index contributed by atoms with van der Waals surface area (Å²) < 4.78 is 0. The van der Waals surface area contributed by atoms with Crippen molar-refractivity contribution in [1.29, 1.82) is 0 Å². The molecule has 0 aliphatic heterocycles. The fourth-order valence-corrected chi connectivity index (χ4v) is 0. The van der Waals surface area contributed by atoms with Crippen LogP contribution in [0.2, 0.25) is 0 Å². The molecule has 0 atom stereocenters. The first-order chi connectivity index (χ1) is 2.00. The monoisotopic (exact) mass is 186 g/mol. The maximum Gasteiger partial charge on any atom is 1.00 e. The van der Waals surface area contributed by atoms with Gasteiger partial charge in [0.2, 0.25) is 0 Å².